The summed E-state index contributed by atoms with van der Waals surface area (Å²) in [6.45, 7) is 2.30. The number of benzene rings is 3. The van der Waals surface area contributed by atoms with Gasteiger partial charge in [0.05, 0.1) is 24.5 Å². The van der Waals surface area contributed by atoms with Crippen LogP contribution in [-0.2, 0) is 34.8 Å². The molecular formula is C33H33Cl3N4O5. The number of allylic oxidation sites excluding steroid dienone is 1. The van der Waals surface area contributed by atoms with Crippen molar-refractivity contribution in [2.24, 2.45) is 0 Å². The van der Waals surface area contributed by atoms with Gasteiger partial charge in [-0.05, 0) is 59.5 Å². The molecule has 5 rings (SSSR count). The van der Waals surface area contributed by atoms with Gasteiger partial charge in [0.15, 0.2) is 0 Å². The predicted molar refractivity (Wildman–Crippen MR) is 175 cm³/mol. The van der Waals surface area contributed by atoms with Crippen LogP contribution in [0.1, 0.15) is 22.3 Å². The maximum atomic E-state index is 10.7. The Labute approximate surface area is 276 Å². The van der Waals surface area contributed by atoms with Gasteiger partial charge in [-0.3, -0.25) is 0 Å². The molecule has 3 N–H and O–H groups in total. The molecule has 1 amide bonds. The molecule has 2 heterocycles. The van der Waals surface area contributed by atoms with Gasteiger partial charge in [0.1, 0.15) is 18.5 Å². The second-order valence-electron chi connectivity index (χ2n) is 10.5. The molecule has 0 bridgehead atoms. The molecule has 0 spiro atoms. The number of carbonyl (C=O) groups is 1. The fourth-order valence-corrected chi connectivity index (χ4v) is 5.67. The molecule has 1 fully saturated rings. The number of aromatic nitrogens is 2. The lowest BCUT2D eigenvalue weighted by atomic mass is 10.0. The first kappa shape index (κ1) is 32.8. The van der Waals surface area contributed by atoms with Crippen molar-refractivity contribution in [3.05, 3.63) is 123 Å². The van der Waals surface area contributed by atoms with E-state index in [0.717, 1.165) is 16.7 Å². The van der Waals surface area contributed by atoms with Crippen molar-refractivity contribution in [3.8, 4) is 5.75 Å². The van der Waals surface area contributed by atoms with Crippen LogP contribution in [0, 0.1) is 0 Å². The molecule has 12 heteroatoms. The van der Waals surface area contributed by atoms with E-state index in [2.05, 4.69) is 21.7 Å². The molecule has 1 aliphatic rings. The van der Waals surface area contributed by atoms with Gasteiger partial charge >= 0.3 is 6.09 Å². The number of hydrogen-bond acceptors (Lipinski definition) is 6. The molecule has 0 aliphatic carbocycles. The lowest BCUT2D eigenvalue weighted by Crippen LogP contribution is -2.34. The zero-order valence-corrected chi connectivity index (χ0v) is 26.6. The first-order valence-electron chi connectivity index (χ1n) is 14.4. The summed E-state index contributed by atoms with van der Waals surface area (Å²) in [5, 5.41) is 16.1. The number of halogens is 3. The van der Waals surface area contributed by atoms with Crippen molar-refractivity contribution in [1.82, 2.24) is 20.2 Å². The number of amides is 1. The Hall–Kier alpha value is -3.57. The first-order valence-corrected chi connectivity index (χ1v) is 15.5. The minimum Gasteiger partial charge on any atom is -0.491 e. The Morgan fingerprint density at radius 1 is 1.07 bits per heavy atom. The Morgan fingerprint density at radius 3 is 2.64 bits per heavy atom. The van der Waals surface area contributed by atoms with Gasteiger partial charge in [-0.15, -0.1) is 0 Å². The molecule has 236 valence electrons. The Bertz CT molecular complexity index is 1600. The second kappa shape index (κ2) is 15.6. The molecule has 1 aromatic heterocycles. The van der Waals surface area contributed by atoms with Crippen LogP contribution in [0.2, 0.25) is 15.1 Å². The maximum Gasteiger partial charge on any atom is 0.404 e. The molecule has 3 aromatic carbocycles. The van der Waals surface area contributed by atoms with Crippen molar-refractivity contribution in [2.75, 3.05) is 26.3 Å². The highest BCUT2D eigenvalue weighted by Crippen LogP contribution is 2.40. The summed E-state index contributed by atoms with van der Waals surface area (Å²) >= 11 is 18.8. The summed E-state index contributed by atoms with van der Waals surface area (Å²) in [6.07, 6.45) is 8.62. The standard InChI is InChI=1S/C33H33Cl3N4O5/c34-26-7-4-23(5-8-26)2-1-3-24-16-28(10-6-25(24)18-37-12-13-39-32(41)42)43-19-29-20-44-33(45-29,21-40-15-14-38-22-40)30-11-9-27(35)17-31(30)36/h1-2,4-11,14-17,22,29,37,39H,3,12-13,18-21H2,(H,41,42)/b2-1+/t29-,33-/m1/s1. The van der Waals surface area contributed by atoms with Crippen LogP contribution in [0.5, 0.6) is 5.75 Å². The predicted octanol–water partition coefficient (Wildman–Crippen LogP) is 6.80. The number of ether oxygens (including phenoxy) is 3. The molecule has 1 aliphatic heterocycles. The van der Waals surface area contributed by atoms with E-state index in [-0.39, 0.29) is 12.7 Å². The third-order valence-electron chi connectivity index (χ3n) is 7.18. The maximum absolute atomic E-state index is 10.7. The third kappa shape index (κ3) is 9.23. The normalized spacial score (nSPS) is 18.0. The minimum atomic E-state index is -1.14. The van der Waals surface area contributed by atoms with Crippen molar-refractivity contribution in [3.63, 3.8) is 0 Å². The largest absolute Gasteiger partial charge is 0.491 e. The Kier molecular flexibility index (Phi) is 11.4. The van der Waals surface area contributed by atoms with Gasteiger partial charge in [0, 0.05) is 47.6 Å². The first-order chi connectivity index (χ1) is 21.8. The zero-order chi connectivity index (χ0) is 31.6. The highest BCUT2D eigenvalue weighted by molar-refractivity contribution is 6.35. The summed E-state index contributed by atoms with van der Waals surface area (Å²) in [4.78, 5) is 14.9. The quantitative estimate of drug-likeness (QED) is 0.127. The van der Waals surface area contributed by atoms with E-state index in [1.54, 1.807) is 24.7 Å². The van der Waals surface area contributed by atoms with E-state index in [9.17, 15) is 4.79 Å². The van der Waals surface area contributed by atoms with Crippen LogP contribution < -0.4 is 15.4 Å². The number of nitrogens with one attached hydrogen (secondary N) is 2. The summed E-state index contributed by atoms with van der Waals surface area (Å²) in [7, 11) is 0. The average molecular weight is 672 g/mol. The van der Waals surface area contributed by atoms with Crippen LogP contribution in [0.25, 0.3) is 6.08 Å². The monoisotopic (exact) mass is 670 g/mol. The van der Waals surface area contributed by atoms with Crippen molar-refractivity contribution < 1.29 is 24.1 Å². The number of imidazole rings is 1. The molecule has 45 heavy (non-hydrogen) atoms. The number of hydrogen-bond donors (Lipinski definition) is 3. The highest BCUT2D eigenvalue weighted by atomic mass is 35.5. The number of carboxylic acid groups (broad SMARTS) is 1. The molecule has 2 atom stereocenters. The Morgan fingerprint density at radius 2 is 1.89 bits per heavy atom. The van der Waals surface area contributed by atoms with Gasteiger partial charge in [-0.1, -0.05) is 71.2 Å². The molecule has 4 aromatic rings. The SMILES string of the molecule is O=C(O)NCCNCc1ccc(OC[C@@H]2CO[C@@](Cn3ccnc3)(c3ccc(Cl)cc3Cl)O2)cc1C/C=C/c1ccc(Cl)cc1. The fourth-order valence-electron chi connectivity index (χ4n) is 5.00. The van der Waals surface area contributed by atoms with E-state index >= 15 is 0 Å². The summed E-state index contributed by atoms with van der Waals surface area (Å²) < 4.78 is 20.9. The summed E-state index contributed by atoms with van der Waals surface area (Å²) in [6, 6.07) is 18.8. The van der Waals surface area contributed by atoms with Gasteiger partial charge < -0.3 is 34.5 Å². The lowest BCUT2D eigenvalue weighted by Gasteiger charge is -2.30. The van der Waals surface area contributed by atoms with E-state index < -0.39 is 11.9 Å². The molecular weight excluding hydrogens is 639 g/mol. The summed E-state index contributed by atoms with van der Waals surface area (Å²) in [5.74, 6) is -0.444. The molecule has 1 saturated heterocycles. The highest BCUT2D eigenvalue weighted by Gasteiger charge is 2.45. The molecule has 0 unspecified atom stereocenters. The van der Waals surface area contributed by atoms with Crippen molar-refractivity contribution in [2.45, 2.75) is 31.4 Å². The number of nitrogens with zero attached hydrogens (tertiary/aromatic N) is 2. The van der Waals surface area contributed by atoms with Crippen LogP contribution in [0.15, 0.2) is 85.5 Å². The molecule has 0 radical (unpaired) electrons. The van der Waals surface area contributed by atoms with E-state index in [1.807, 2.05) is 65.4 Å². The molecule has 9 nitrogen and oxygen atoms in total. The smallest absolute Gasteiger partial charge is 0.404 e. The van der Waals surface area contributed by atoms with Crippen LogP contribution in [-0.4, -0.2) is 53.2 Å². The van der Waals surface area contributed by atoms with Gasteiger partial charge in [-0.2, -0.15) is 0 Å². The second-order valence-corrected chi connectivity index (χ2v) is 11.8. The van der Waals surface area contributed by atoms with E-state index in [0.29, 0.717) is 65.6 Å². The van der Waals surface area contributed by atoms with Crippen LogP contribution >= 0.6 is 34.8 Å². The lowest BCUT2D eigenvalue weighted by molar-refractivity contribution is -0.189. The Balaban J connectivity index is 1.27. The zero-order valence-electron chi connectivity index (χ0n) is 24.3. The number of rotatable bonds is 14. The van der Waals surface area contributed by atoms with E-state index in [1.165, 1.54) is 0 Å². The van der Waals surface area contributed by atoms with Crippen LogP contribution in [0.4, 0.5) is 4.79 Å². The van der Waals surface area contributed by atoms with Gasteiger partial charge in [0.25, 0.3) is 0 Å². The van der Waals surface area contributed by atoms with Gasteiger partial charge in [-0.25, -0.2) is 9.78 Å². The van der Waals surface area contributed by atoms with Crippen LogP contribution in [0.3, 0.4) is 0 Å². The van der Waals surface area contributed by atoms with E-state index in [4.69, 9.17) is 54.1 Å². The third-order valence-corrected chi connectivity index (χ3v) is 7.98. The minimum absolute atomic E-state index is 0.259. The van der Waals surface area contributed by atoms with Gasteiger partial charge in [0.2, 0.25) is 5.79 Å². The molecule has 0 saturated carbocycles. The summed E-state index contributed by atoms with van der Waals surface area (Å²) in [5.41, 5.74) is 3.87. The topological polar surface area (TPSA) is 107 Å². The average Bonchev–Trinajstić information content (AvgIpc) is 3.68. The van der Waals surface area contributed by atoms with Crippen molar-refractivity contribution in [1.29, 1.82) is 0 Å². The fraction of sp³-hybridized carbons (Fsp3) is 0.273. The van der Waals surface area contributed by atoms with Crippen molar-refractivity contribution >= 4 is 47.0 Å².